The number of aliphatic hydroxyl groups is 2. The van der Waals surface area contributed by atoms with E-state index in [-0.39, 0.29) is 17.1 Å². The fraction of sp³-hybridized carbons (Fsp3) is 0.500. The van der Waals surface area contributed by atoms with Crippen molar-refractivity contribution < 1.29 is 42.7 Å². The molecule has 1 fully saturated rings. The number of nitrogens with one attached hydrogen (secondary N) is 1. The third kappa shape index (κ3) is 4.06. The van der Waals surface area contributed by atoms with Crippen molar-refractivity contribution in [3.8, 4) is 0 Å². The number of aromatic amines is 1. The van der Waals surface area contributed by atoms with Crippen LogP contribution in [0.3, 0.4) is 0 Å². The number of hydrogen-bond acceptors (Lipinski definition) is 12. The Morgan fingerprint density at radius 2 is 2.19 bits per heavy atom. The smallest absolute Gasteiger partial charge is 0.515 e. The van der Waals surface area contributed by atoms with Crippen LogP contribution in [0.4, 0.5) is 5.95 Å². The van der Waals surface area contributed by atoms with Crippen molar-refractivity contribution in [3.63, 3.8) is 0 Å². The minimum Gasteiger partial charge on any atom is -0.566 e. The quantitative estimate of drug-likeness (QED) is 0.301. The summed E-state index contributed by atoms with van der Waals surface area (Å²) in [6.45, 7) is -0.783. The molecule has 15 nitrogen and oxygen atoms in total. The highest BCUT2D eigenvalue weighted by atomic mass is 31.2. The van der Waals surface area contributed by atoms with E-state index in [9.17, 15) is 33.9 Å². The van der Waals surface area contributed by atoms with Crippen LogP contribution in [0.15, 0.2) is 11.1 Å². The molecule has 1 aliphatic heterocycles. The fourth-order valence-corrected chi connectivity index (χ4v) is 3.70. The molecule has 6 N–H and O–H groups in total. The van der Waals surface area contributed by atoms with Gasteiger partial charge in [0.25, 0.3) is 5.56 Å². The Bertz CT molecular complexity index is 977. The molecule has 0 aliphatic carbocycles. The van der Waals surface area contributed by atoms with Crippen LogP contribution in [0.5, 0.6) is 0 Å². The summed E-state index contributed by atoms with van der Waals surface area (Å²) < 4.78 is 36.4. The molecule has 4 unspecified atom stereocenters. The van der Waals surface area contributed by atoms with Crippen LogP contribution < -0.4 is 16.2 Å². The maximum atomic E-state index is 11.8. The van der Waals surface area contributed by atoms with Gasteiger partial charge in [0.05, 0.1) is 12.9 Å². The molecule has 1 aliphatic rings. The normalized spacial score (nSPS) is 28.4. The number of phosphoric ester groups is 1. The van der Waals surface area contributed by atoms with Crippen LogP contribution in [-0.2, 0) is 22.7 Å². The van der Waals surface area contributed by atoms with Gasteiger partial charge in [-0.05, 0) is 8.88 Å². The van der Waals surface area contributed by atoms with E-state index >= 15 is 0 Å². The second-order valence-corrected chi connectivity index (χ2v) is 7.69. The molecule has 2 aromatic rings. The molecule has 6 atom stereocenters. The number of nitrogen functional groups attached to an aromatic ring is 1. The Morgan fingerprint density at radius 1 is 1.48 bits per heavy atom. The minimum atomic E-state index is -4.94. The molecule has 17 heteroatoms. The zero-order valence-electron chi connectivity index (χ0n) is 13.1. The van der Waals surface area contributed by atoms with Gasteiger partial charge in [0.2, 0.25) is 5.95 Å². The third-order valence-electron chi connectivity index (χ3n) is 3.63. The van der Waals surface area contributed by atoms with E-state index in [4.69, 9.17) is 10.5 Å². The van der Waals surface area contributed by atoms with Gasteiger partial charge < -0.3 is 30.5 Å². The van der Waals surface area contributed by atoms with Gasteiger partial charge in [-0.15, -0.1) is 0 Å². The first-order valence-electron chi connectivity index (χ1n) is 7.14. The van der Waals surface area contributed by atoms with Crippen LogP contribution in [0.2, 0.25) is 0 Å². The Morgan fingerprint density at radius 3 is 2.85 bits per heavy atom. The predicted octanol–water partition coefficient (Wildman–Crippen LogP) is -2.53. The summed E-state index contributed by atoms with van der Waals surface area (Å²) in [4.78, 5) is 41.3. The molecule has 148 valence electrons. The Labute approximate surface area is 149 Å². The molecular formula is C10H13N5O10P2. The van der Waals surface area contributed by atoms with Crippen LogP contribution in [-0.4, -0.2) is 59.5 Å². The summed E-state index contributed by atoms with van der Waals surface area (Å²) in [7, 11) is -8.59. The van der Waals surface area contributed by atoms with E-state index in [1.807, 2.05) is 0 Å². The lowest BCUT2D eigenvalue weighted by atomic mass is 10.1. The predicted molar refractivity (Wildman–Crippen MR) is 83.0 cm³/mol. The van der Waals surface area contributed by atoms with Gasteiger partial charge in [0, 0.05) is 0 Å². The lowest BCUT2D eigenvalue weighted by Crippen LogP contribution is -2.33. The van der Waals surface area contributed by atoms with Crippen LogP contribution in [0.1, 0.15) is 6.23 Å². The number of fused-ring (bicyclic) bond motifs is 1. The second-order valence-electron chi connectivity index (χ2n) is 5.39. The molecule has 2 aromatic heterocycles. The monoisotopic (exact) mass is 425 g/mol. The van der Waals surface area contributed by atoms with Crippen LogP contribution in [0, 0.1) is 0 Å². The van der Waals surface area contributed by atoms with Gasteiger partial charge in [-0.2, -0.15) is 4.98 Å². The van der Waals surface area contributed by atoms with Crippen molar-refractivity contribution in [2.24, 2.45) is 0 Å². The highest BCUT2D eigenvalue weighted by Gasteiger charge is 2.46. The molecule has 0 amide bonds. The van der Waals surface area contributed by atoms with Crippen LogP contribution in [0.25, 0.3) is 11.2 Å². The van der Waals surface area contributed by atoms with Crippen molar-refractivity contribution in [2.45, 2.75) is 24.5 Å². The van der Waals surface area contributed by atoms with Gasteiger partial charge >= 0.3 is 16.1 Å². The van der Waals surface area contributed by atoms with Gasteiger partial charge in [0.1, 0.15) is 18.3 Å². The van der Waals surface area contributed by atoms with E-state index < -0.39 is 52.8 Å². The topological polar surface area (TPSA) is 235 Å². The lowest BCUT2D eigenvalue weighted by molar-refractivity contribution is -0.179. The number of ether oxygens (including phenoxy) is 1. The average Bonchev–Trinajstić information content (AvgIpc) is 3.07. The fourth-order valence-electron chi connectivity index (χ4n) is 2.50. The van der Waals surface area contributed by atoms with E-state index in [1.54, 1.807) is 0 Å². The molecule has 0 saturated carbocycles. The third-order valence-corrected chi connectivity index (χ3v) is 5.47. The van der Waals surface area contributed by atoms with Gasteiger partial charge in [0.15, 0.2) is 17.4 Å². The summed E-state index contributed by atoms with van der Waals surface area (Å²) >= 11 is 0. The number of imidazole rings is 1. The van der Waals surface area contributed by atoms with Crippen molar-refractivity contribution in [1.29, 1.82) is 0 Å². The van der Waals surface area contributed by atoms with E-state index in [0.717, 1.165) is 10.9 Å². The molecule has 3 heterocycles. The first-order valence-corrected chi connectivity index (χ1v) is 9.73. The lowest BCUT2D eigenvalue weighted by Gasteiger charge is -2.16. The standard InChI is InChI=1S/C10H13N5O10P2/c11-10-13-7-4(8(18)14-10)12-2-15(7)9-6(17)5(16)3(24-9)1-23-27(21,22)25-26(19)20/h2-3,5-6,9,16-17H,1H2,(H,21,22)(H3,11,13,14,18)/t3-,5?,6?,9-/m1/s1. The number of nitrogens with two attached hydrogens (primary N) is 1. The summed E-state index contributed by atoms with van der Waals surface area (Å²) in [5.41, 5.74) is 4.71. The Hall–Kier alpha value is -1.80. The second kappa shape index (κ2) is 7.31. The average molecular weight is 425 g/mol. The van der Waals surface area contributed by atoms with Gasteiger partial charge in [-0.3, -0.25) is 18.9 Å². The zero-order chi connectivity index (χ0) is 19.9. The van der Waals surface area contributed by atoms with Crippen molar-refractivity contribution in [1.82, 2.24) is 19.5 Å². The van der Waals surface area contributed by atoms with E-state index in [1.165, 1.54) is 0 Å². The van der Waals surface area contributed by atoms with Crippen molar-refractivity contribution in [2.75, 3.05) is 12.3 Å². The summed E-state index contributed by atoms with van der Waals surface area (Å²) in [6.07, 6.45) is -4.66. The largest absolute Gasteiger partial charge is 0.566 e. The Kier molecular flexibility index (Phi) is 5.40. The molecule has 27 heavy (non-hydrogen) atoms. The number of phosphoric acid groups is 1. The van der Waals surface area contributed by atoms with Crippen molar-refractivity contribution >= 4 is 33.2 Å². The summed E-state index contributed by atoms with van der Waals surface area (Å²) in [5, 5.41) is 20.2. The molecule has 0 aromatic carbocycles. The van der Waals surface area contributed by atoms with Gasteiger partial charge in [-0.25, -0.2) is 9.55 Å². The number of hydrogen-bond donors (Lipinski definition) is 5. The first-order chi connectivity index (χ1) is 12.6. The number of aromatic nitrogens is 4. The molecular weight excluding hydrogens is 412 g/mol. The SMILES string of the molecule is Nc1nc2c(ncn2[C@@H]2O[C@H](COP(=O)(O)O[P+](=O)[O-])C(O)C2O)c(=O)[nH]1. The summed E-state index contributed by atoms with van der Waals surface area (Å²) in [6, 6.07) is 0. The molecule has 1 saturated heterocycles. The number of rotatable bonds is 6. The highest BCUT2D eigenvalue weighted by molar-refractivity contribution is 7.55. The van der Waals surface area contributed by atoms with E-state index in [2.05, 4.69) is 23.8 Å². The van der Waals surface area contributed by atoms with Crippen molar-refractivity contribution in [3.05, 3.63) is 16.7 Å². The maximum Gasteiger partial charge on any atom is 0.515 e. The molecule has 0 bridgehead atoms. The minimum absolute atomic E-state index is 0.0337. The van der Waals surface area contributed by atoms with Gasteiger partial charge in [-0.1, -0.05) is 0 Å². The number of H-pyrrole nitrogens is 1. The zero-order valence-corrected chi connectivity index (χ0v) is 14.9. The number of nitrogens with zero attached hydrogens (tertiary/aromatic N) is 3. The molecule has 0 radical (unpaired) electrons. The van der Waals surface area contributed by atoms with E-state index in [0.29, 0.717) is 0 Å². The maximum absolute atomic E-state index is 11.8. The van der Waals surface area contributed by atoms with Crippen LogP contribution >= 0.6 is 16.1 Å². The Balaban J connectivity index is 1.80. The molecule has 0 spiro atoms. The number of anilines is 1. The highest BCUT2D eigenvalue weighted by Crippen LogP contribution is 2.50. The summed E-state index contributed by atoms with van der Waals surface area (Å²) in [5.74, 6) is -0.215. The first kappa shape index (κ1) is 19.9. The number of aliphatic hydroxyl groups excluding tert-OH is 2. The molecule has 3 rings (SSSR count).